The minimum atomic E-state index is -0.320. The molecule has 0 atom stereocenters. The number of halogens is 1. The van der Waals surface area contributed by atoms with E-state index in [9.17, 15) is 4.79 Å². The van der Waals surface area contributed by atoms with E-state index in [1.807, 2.05) is 44.2 Å². The molecule has 0 aliphatic heterocycles. The first-order chi connectivity index (χ1) is 9.58. The van der Waals surface area contributed by atoms with Gasteiger partial charge in [0.25, 0.3) is 5.91 Å². The van der Waals surface area contributed by atoms with Gasteiger partial charge in [-0.2, -0.15) is 5.10 Å². The zero-order valence-corrected chi connectivity index (χ0v) is 12.1. The molecular formula is C16H15ClN2O. The van der Waals surface area contributed by atoms with Crippen LogP contribution in [0.3, 0.4) is 0 Å². The van der Waals surface area contributed by atoms with Crippen LogP contribution in [0, 0.1) is 13.8 Å². The fourth-order valence-electron chi connectivity index (χ4n) is 1.76. The Morgan fingerprint density at radius 1 is 1.20 bits per heavy atom. The van der Waals surface area contributed by atoms with Crippen LogP contribution in [0.2, 0.25) is 5.02 Å². The van der Waals surface area contributed by atoms with Gasteiger partial charge in [0.1, 0.15) is 0 Å². The van der Waals surface area contributed by atoms with Crippen LogP contribution < -0.4 is 5.43 Å². The van der Waals surface area contributed by atoms with Crippen molar-refractivity contribution in [1.82, 2.24) is 5.43 Å². The van der Waals surface area contributed by atoms with E-state index in [1.165, 1.54) is 0 Å². The Morgan fingerprint density at radius 2 is 1.95 bits per heavy atom. The fraction of sp³-hybridized carbons (Fsp3) is 0.125. The maximum atomic E-state index is 11.9. The molecule has 102 valence electrons. The summed E-state index contributed by atoms with van der Waals surface area (Å²) in [4.78, 5) is 11.9. The molecule has 4 heteroatoms. The standard InChI is InChI=1S/C16H15ClN2O/c1-11-7-8-14(15(17)9-11)16(20)19-18-10-13-6-4-3-5-12(13)2/h3-10H,1-2H3,(H,19,20). The Morgan fingerprint density at radius 3 is 2.65 bits per heavy atom. The number of amides is 1. The highest BCUT2D eigenvalue weighted by Crippen LogP contribution is 2.17. The molecule has 0 saturated carbocycles. The third-order valence-electron chi connectivity index (χ3n) is 2.93. The summed E-state index contributed by atoms with van der Waals surface area (Å²) in [7, 11) is 0. The van der Waals surface area contributed by atoms with Crippen molar-refractivity contribution in [1.29, 1.82) is 0 Å². The topological polar surface area (TPSA) is 41.5 Å². The van der Waals surface area contributed by atoms with Gasteiger partial charge in [0.2, 0.25) is 0 Å². The average molecular weight is 287 g/mol. The van der Waals surface area contributed by atoms with Gasteiger partial charge in [-0.05, 0) is 42.7 Å². The molecule has 0 aliphatic carbocycles. The van der Waals surface area contributed by atoms with Gasteiger partial charge in [-0.25, -0.2) is 5.43 Å². The highest BCUT2D eigenvalue weighted by molar-refractivity contribution is 6.33. The summed E-state index contributed by atoms with van der Waals surface area (Å²) in [6.45, 7) is 3.91. The second-order valence-electron chi connectivity index (χ2n) is 4.54. The molecular weight excluding hydrogens is 272 g/mol. The Labute approximate surface area is 123 Å². The number of benzene rings is 2. The summed E-state index contributed by atoms with van der Waals surface area (Å²) >= 11 is 6.03. The third-order valence-corrected chi connectivity index (χ3v) is 3.24. The monoisotopic (exact) mass is 286 g/mol. The van der Waals surface area contributed by atoms with E-state index in [4.69, 9.17) is 11.6 Å². The highest BCUT2D eigenvalue weighted by atomic mass is 35.5. The van der Waals surface area contributed by atoms with E-state index in [0.717, 1.165) is 16.7 Å². The van der Waals surface area contributed by atoms with Crippen LogP contribution in [0.5, 0.6) is 0 Å². The van der Waals surface area contributed by atoms with E-state index in [2.05, 4.69) is 10.5 Å². The van der Waals surface area contributed by atoms with Crippen LogP contribution in [-0.2, 0) is 0 Å². The van der Waals surface area contributed by atoms with Gasteiger partial charge in [-0.1, -0.05) is 41.9 Å². The van der Waals surface area contributed by atoms with Gasteiger partial charge in [0, 0.05) is 0 Å². The molecule has 0 aromatic heterocycles. The number of hydrazone groups is 1. The van der Waals surface area contributed by atoms with Gasteiger partial charge in [0.15, 0.2) is 0 Å². The Bertz CT molecular complexity index is 665. The lowest BCUT2D eigenvalue weighted by atomic mass is 10.1. The van der Waals surface area contributed by atoms with Crippen LogP contribution in [0.4, 0.5) is 0 Å². The molecule has 2 aromatic carbocycles. The number of rotatable bonds is 3. The first-order valence-electron chi connectivity index (χ1n) is 6.23. The first kappa shape index (κ1) is 14.3. The Hall–Kier alpha value is -2.13. The summed E-state index contributed by atoms with van der Waals surface area (Å²) in [5.74, 6) is -0.320. The van der Waals surface area contributed by atoms with Crippen LogP contribution in [0.25, 0.3) is 0 Å². The molecule has 20 heavy (non-hydrogen) atoms. The SMILES string of the molecule is Cc1ccc(C(=O)NN=Cc2ccccc2C)c(Cl)c1. The van der Waals surface area contributed by atoms with Crippen LogP contribution in [0.1, 0.15) is 27.0 Å². The zero-order chi connectivity index (χ0) is 14.5. The van der Waals surface area contributed by atoms with Crippen molar-refractivity contribution in [2.75, 3.05) is 0 Å². The molecule has 0 bridgehead atoms. The second kappa shape index (κ2) is 6.35. The predicted molar refractivity (Wildman–Crippen MR) is 82.4 cm³/mol. The smallest absolute Gasteiger partial charge is 0.267 e. The van der Waals surface area contributed by atoms with Crippen LogP contribution in [0.15, 0.2) is 47.6 Å². The lowest BCUT2D eigenvalue weighted by Crippen LogP contribution is -2.18. The zero-order valence-electron chi connectivity index (χ0n) is 11.4. The molecule has 0 saturated heterocycles. The van der Waals surface area contributed by atoms with E-state index in [-0.39, 0.29) is 5.91 Å². The summed E-state index contributed by atoms with van der Waals surface area (Å²) in [6, 6.07) is 13.1. The van der Waals surface area contributed by atoms with Crippen molar-refractivity contribution < 1.29 is 4.79 Å². The maximum Gasteiger partial charge on any atom is 0.272 e. The minimum absolute atomic E-state index is 0.320. The van der Waals surface area contributed by atoms with E-state index < -0.39 is 0 Å². The summed E-state index contributed by atoms with van der Waals surface area (Å²) in [5, 5.41) is 4.38. The Balaban J connectivity index is 2.07. The van der Waals surface area contributed by atoms with Crippen molar-refractivity contribution in [3.05, 3.63) is 69.7 Å². The van der Waals surface area contributed by atoms with Crippen molar-refractivity contribution in [2.24, 2.45) is 5.10 Å². The van der Waals surface area contributed by atoms with Gasteiger partial charge < -0.3 is 0 Å². The van der Waals surface area contributed by atoms with E-state index >= 15 is 0 Å². The third kappa shape index (κ3) is 3.45. The molecule has 2 aromatic rings. The fourth-order valence-corrected chi connectivity index (χ4v) is 2.08. The van der Waals surface area contributed by atoms with Gasteiger partial charge in [-0.15, -0.1) is 0 Å². The number of nitrogens with zero attached hydrogens (tertiary/aromatic N) is 1. The number of nitrogens with one attached hydrogen (secondary N) is 1. The molecule has 0 spiro atoms. The van der Waals surface area contributed by atoms with Gasteiger partial charge >= 0.3 is 0 Å². The lowest BCUT2D eigenvalue weighted by Gasteiger charge is -2.03. The average Bonchev–Trinajstić information content (AvgIpc) is 2.40. The molecule has 3 nitrogen and oxygen atoms in total. The van der Waals surface area contributed by atoms with E-state index in [0.29, 0.717) is 10.6 Å². The largest absolute Gasteiger partial charge is 0.272 e. The normalized spacial score (nSPS) is 10.8. The van der Waals surface area contributed by atoms with Crippen molar-refractivity contribution in [3.8, 4) is 0 Å². The number of carbonyl (C=O) groups is 1. The molecule has 1 amide bonds. The molecule has 0 fully saturated rings. The molecule has 0 radical (unpaired) electrons. The predicted octanol–water partition coefficient (Wildman–Crippen LogP) is 3.72. The van der Waals surface area contributed by atoms with Crippen LogP contribution >= 0.6 is 11.6 Å². The quantitative estimate of drug-likeness (QED) is 0.678. The Kier molecular flexibility index (Phi) is 4.53. The number of aryl methyl sites for hydroxylation is 2. The van der Waals surface area contributed by atoms with Crippen molar-refractivity contribution >= 4 is 23.7 Å². The number of carbonyl (C=O) groups excluding carboxylic acids is 1. The van der Waals surface area contributed by atoms with Crippen LogP contribution in [-0.4, -0.2) is 12.1 Å². The molecule has 0 aliphatic rings. The lowest BCUT2D eigenvalue weighted by molar-refractivity contribution is 0.0955. The van der Waals surface area contributed by atoms with Gasteiger partial charge in [-0.3, -0.25) is 4.79 Å². The molecule has 0 unspecified atom stereocenters. The summed E-state index contributed by atoms with van der Waals surface area (Å²) in [6.07, 6.45) is 1.62. The first-order valence-corrected chi connectivity index (χ1v) is 6.61. The van der Waals surface area contributed by atoms with E-state index in [1.54, 1.807) is 18.3 Å². The number of hydrogen-bond acceptors (Lipinski definition) is 2. The number of hydrogen-bond donors (Lipinski definition) is 1. The summed E-state index contributed by atoms with van der Waals surface area (Å²) < 4.78 is 0. The van der Waals surface area contributed by atoms with Gasteiger partial charge in [0.05, 0.1) is 16.8 Å². The highest BCUT2D eigenvalue weighted by Gasteiger charge is 2.08. The molecule has 2 rings (SSSR count). The van der Waals surface area contributed by atoms with Crippen molar-refractivity contribution in [2.45, 2.75) is 13.8 Å². The van der Waals surface area contributed by atoms with Crippen molar-refractivity contribution in [3.63, 3.8) is 0 Å². The molecule has 0 heterocycles. The maximum absolute atomic E-state index is 11.9. The minimum Gasteiger partial charge on any atom is -0.267 e. The second-order valence-corrected chi connectivity index (χ2v) is 4.95. The molecule has 1 N–H and O–H groups in total. The summed E-state index contributed by atoms with van der Waals surface area (Å²) in [5.41, 5.74) is 5.96.